The summed E-state index contributed by atoms with van der Waals surface area (Å²) in [5, 5.41) is 2.92. The van der Waals surface area contributed by atoms with Gasteiger partial charge in [0.25, 0.3) is 5.91 Å². The molecular weight excluding hydrogens is 338 g/mol. The number of rotatable bonds is 4. The molecule has 0 unspecified atom stereocenters. The van der Waals surface area contributed by atoms with E-state index in [1.54, 1.807) is 12.3 Å². The van der Waals surface area contributed by atoms with Crippen molar-refractivity contribution in [2.45, 2.75) is 0 Å². The van der Waals surface area contributed by atoms with Crippen LogP contribution in [0.1, 0.15) is 10.4 Å². The van der Waals surface area contributed by atoms with Gasteiger partial charge in [0, 0.05) is 49.8 Å². The van der Waals surface area contributed by atoms with Gasteiger partial charge >= 0.3 is 0 Å². The van der Waals surface area contributed by atoms with Crippen LogP contribution in [0.5, 0.6) is 0 Å². The quantitative estimate of drug-likeness (QED) is 0.776. The molecule has 2 aromatic heterocycles. The van der Waals surface area contributed by atoms with Crippen molar-refractivity contribution in [3.63, 3.8) is 0 Å². The molecule has 1 saturated heterocycles. The maximum Gasteiger partial charge on any atom is 0.255 e. The van der Waals surface area contributed by atoms with Crippen LogP contribution in [0.3, 0.4) is 0 Å². The number of piperazine rings is 1. The van der Waals surface area contributed by atoms with Gasteiger partial charge in [0.05, 0.1) is 0 Å². The number of amides is 1. The number of aromatic nitrogens is 2. The first-order chi connectivity index (χ1) is 13.3. The molecule has 1 N–H and O–H groups in total. The normalized spacial score (nSPS) is 14.1. The van der Waals surface area contributed by atoms with Crippen molar-refractivity contribution in [2.24, 2.45) is 0 Å². The summed E-state index contributed by atoms with van der Waals surface area (Å²) in [6.45, 7) is 3.43. The lowest BCUT2D eigenvalue weighted by Gasteiger charge is -2.36. The number of carbonyl (C=O) groups is 1. The largest absolute Gasteiger partial charge is 0.353 e. The van der Waals surface area contributed by atoms with Gasteiger partial charge in [0.1, 0.15) is 11.6 Å². The third-order valence-corrected chi connectivity index (χ3v) is 4.62. The molecule has 27 heavy (non-hydrogen) atoms. The van der Waals surface area contributed by atoms with Crippen LogP contribution < -0.4 is 15.1 Å². The van der Waals surface area contributed by atoms with Crippen molar-refractivity contribution in [2.75, 3.05) is 41.3 Å². The van der Waals surface area contributed by atoms with Crippen LogP contribution in [0.15, 0.2) is 73.1 Å². The van der Waals surface area contributed by atoms with Crippen molar-refractivity contribution in [3.8, 4) is 0 Å². The van der Waals surface area contributed by atoms with Gasteiger partial charge in [-0.15, -0.1) is 0 Å². The van der Waals surface area contributed by atoms with Gasteiger partial charge < -0.3 is 15.1 Å². The lowest BCUT2D eigenvalue weighted by atomic mass is 10.2. The van der Waals surface area contributed by atoms with E-state index in [0.717, 1.165) is 43.5 Å². The molecule has 0 spiro atoms. The molecule has 0 bridgehead atoms. The number of para-hydroxylation sites is 1. The zero-order valence-electron chi connectivity index (χ0n) is 15.0. The molecule has 136 valence electrons. The number of pyridine rings is 2. The fourth-order valence-corrected chi connectivity index (χ4v) is 3.16. The van der Waals surface area contributed by atoms with E-state index in [4.69, 9.17) is 0 Å². The Morgan fingerprint density at radius 2 is 1.44 bits per heavy atom. The summed E-state index contributed by atoms with van der Waals surface area (Å²) in [7, 11) is 0. The number of carbonyl (C=O) groups excluding carboxylic acids is 1. The Hall–Kier alpha value is -3.41. The molecule has 0 radical (unpaired) electrons. The molecule has 0 atom stereocenters. The van der Waals surface area contributed by atoms with E-state index in [0.29, 0.717) is 5.56 Å². The van der Waals surface area contributed by atoms with Crippen LogP contribution in [-0.4, -0.2) is 42.1 Å². The van der Waals surface area contributed by atoms with Gasteiger partial charge in [-0.3, -0.25) is 4.79 Å². The van der Waals surface area contributed by atoms with Crippen LogP contribution in [-0.2, 0) is 0 Å². The third-order valence-electron chi connectivity index (χ3n) is 4.62. The van der Waals surface area contributed by atoms with Crippen molar-refractivity contribution in [1.29, 1.82) is 0 Å². The SMILES string of the molecule is O=C(Nc1ccccc1)c1ccnc(N2CCN(c3ccccn3)CC2)c1. The predicted molar refractivity (Wildman–Crippen MR) is 107 cm³/mol. The van der Waals surface area contributed by atoms with Crippen LogP contribution in [0, 0.1) is 0 Å². The Morgan fingerprint density at radius 3 is 2.15 bits per heavy atom. The van der Waals surface area contributed by atoms with Crippen molar-refractivity contribution in [3.05, 3.63) is 78.6 Å². The minimum Gasteiger partial charge on any atom is -0.353 e. The number of nitrogens with one attached hydrogen (secondary N) is 1. The maximum absolute atomic E-state index is 12.5. The van der Waals surface area contributed by atoms with E-state index in [9.17, 15) is 4.79 Å². The van der Waals surface area contributed by atoms with E-state index in [-0.39, 0.29) is 5.91 Å². The highest BCUT2D eigenvalue weighted by Crippen LogP contribution is 2.19. The lowest BCUT2D eigenvalue weighted by molar-refractivity contribution is 0.102. The summed E-state index contributed by atoms with van der Waals surface area (Å²) in [6.07, 6.45) is 3.51. The summed E-state index contributed by atoms with van der Waals surface area (Å²) in [6, 6.07) is 19.0. The van der Waals surface area contributed by atoms with Crippen molar-refractivity contribution >= 4 is 23.2 Å². The average molecular weight is 359 g/mol. The maximum atomic E-state index is 12.5. The molecule has 0 aliphatic carbocycles. The molecule has 1 amide bonds. The van der Waals surface area contributed by atoms with E-state index in [2.05, 4.69) is 25.1 Å². The molecule has 1 aromatic carbocycles. The fraction of sp³-hybridized carbons (Fsp3) is 0.190. The van der Waals surface area contributed by atoms with E-state index in [1.807, 2.05) is 60.8 Å². The molecule has 3 aromatic rings. The highest BCUT2D eigenvalue weighted by Gasteiger charge is 2.19. The van der Waals surface area contributed by atoms with Gasteiger partial charge in [-0.1, -0.05) is 24.3 Å². The molecule has 4 rings (SSSR count). The topological polar surface area (TPSA) is 61.4 Å². The second-order valence-corrected chi connectivity index (χ2v) is 6.38. The second-order valence-electron chi connectivity index (χ2n) is 6.38. The minimum atomic E-state index is -0.128. The zero-order valence-corrected chi connectivity index (χ0v) is 15.0. The lowest BCUT2D eigenvalue weighted by Crippen LogP contribution is -2.47. The first-order valence-corrected chi connectivity index (χ1v) is 9.03. The standard InChI is InChI=1S/C21H21N5O/c27-21(24-18-6-2-1-3-7-18)17-9-11-23-20(16-17)26-14-12-25(13-15-26)19-8-4-5-10-22-19/h1-11,16H,12-15H2,(H,24,27). The Kier molecular flexibility index (Phi) is 4.96. The summed E-state index contributed by atoms with van der Waals surface area (Å²) < 4.78 is 0. The van der Waals surface area contributed by atoms with E-state index in [1.165, 1.54) is 0 Å². The average Bonchev–Trinajstić information content (AvgIpc) is 2.75. The van der Waals surface area contributed by atoms with Crippen LogP contribution in [0.25, 0.3) is 0 Å². The number of nitrogens with zero attached hydrogens (tertiary/aromatic N) is 4. The molecule has 6 nitrogen and oxygen atoms in total. The Balaban J connectivity index is 1.42. The zero-order chi connectivity index (χ0) is 18.5. The van der Waals surface area contributed by atoms with Crippen molar-refractivity contribution in [1.82, 2.24) is 9.97 Å². The molecule has 1 aliphatic heterocycles. The van der Waals surface area contributed by atoms with E-state index >= 15 is 0 Å². The number of anilines is 3. The second kappa shape index (κ2) is 7.86. The van der Waals surface area contributed by atoms with Gasteiger partial charge in [0.15, 0.2) is 0 Å². The first kappa shape index (κ1) is 17.0. The summed E-state index contributed by atoms with van der Waals surface area (Å²) in [5.74, 6) is 1.70. The van der Waals surface area contributed by atoms with Gasteiger partial charge in [-0.2, -0.15) is 0 Å². The molecule has 1 fully saturated rings. The van der Waals surface area contributed by atoms with Crippen LogP contribution in [0.2, 0.25) is 0 Å². The summed E-state index contributed by atoms with van der Waals surface area (Å²) >= 11 is 0. The molecular formula is C21H21N5O. The van der Waals surface area contributed by atoms with Gasteiger partial charge in [0.2, 0.25) is 0 Å². The number of benzene rings is 1. The highest BCUT2D eigenvalue weighted by molar-refractivity contribution is 6.04. The molecule has 0 saturated carbocycles. The fourth-order valence-electron chi connectivity index (χ4n) is 3.16. The van der Waals surface area contributed by atoms with Gasteiger partial charge in [-0.05, 0) is 36.4 Å². The number of hydrogen-bond donors (Lipinski definition) is 1. The Labute approximate surface area is 158 Å². The molecule has 1 aliphatic rings. The van der Waals surface area contributed by atoms with Gasteiger partial charge in [-0.25, -0.2) is 9.97 Å². The van der Waals surface area contributed by atoms with Crippen molar-refractivity contribution < 1.29 is 4.79 Å². The molecule has 6 heteroatoms. The first-order valence-electron chi connectivity index (χ1n) is 9.03. The van der Waals surface area contributed by atoms with E-state index < -0.39 is 0 Å². The predicted octanol–water partition coefficient (Wildman–Crippen LogP) is 3.06. The Bertz CT molecular complexity index is 893. The minimum absolute atomic E-state index is 0.128. The number of hydrogen-bond acceptors (Lipinski definition) is 5. The smallest absolute Gasteiger partial charge is 0.255 e. The summed E-state index contributed by atoms with van der Waals surface area (Å²) in [4.78, 5) is 25.9. The third kappa shape index (κ3) is 4.06. The van der Waals surface area contributed by atoms with Crippen LogP contribution in [0.4, 0.5) is 17.3 Å². The highest BCUT2D eigenvalue weighted by atomic mass is 16.1. The molecule has 3 heterocycles. The van der Waals surface area contributed by atoms with Crippen LogP contribution >= 0.6 is 0 Å². The Morgan fingerprint density at radius 1 is 0.778 bits per heavy atom. The monoisotopic (exact) mass is 359 g/mol. The summed E-state index contributed by atoms with van der Waals surface area (Å²) in [5.41, 5.74) is 1.39.